The van der Waals surface area contributed by atoms with Crippen LogP contribution in [0.25, 0.3) is 0 Å². The molecule has 6 heteroatoms. The quantitative estimate of drug-likeness (QED) is 0.673. The van der Waals surface area contributed by atoms with E-state index in [4.69, 9.17) is 9.84 Å². The van der Waals surface area contributed by atoms with Crippen LogP contribution >= 0.6 is 0 Å². The maximum absolute atomic E-state index is 12.2. The Labute approximate surface area is 163 Å². The number of nitrogens with zero attached hydrogens (tertiary/aromatic N) is 3. The Hall–Kier alpha value is -1.40. The van der Waals surface area contributed by atoms with Gasteiger partial charge in [-0.05, 0) is 51.2 Å². The van der Waals surface area contributed by atoms with Gasteiger partial charge in [0.15, 0.2) is 0 Å². The van der Waals surface area contributed by atoms with Crippen LogP contribution in [0.2, 0.25) is 0 Å². The topological polar surface area (TPSA) is 59.4 Å². The zero-order valence-electron chi connectivity index (χ0n) is 17.1. The van der Waals surface area contributed by atoms with E-state index in [0.717, 1.165) is 57.1 Å². The van der Waals surface area contributed by atoms with Gasteiger partial charge in [0, 0.05) is 43.6 Å². The maximum atomic E-state index is 12.2. The van der Waals surface area contributed by atoms with Crippen molar-refractivity contribution in [2.24, 2.45) is 5.92 Å². The second-order valence-electron chi connectivity index (χ2n) is 8.13. The molecule has 0 aliphatic carbocycles. The molecule has 3 rings (SSSR count). The van der Waals surface area contributed by atoms with Crippen LogP contribution in [0, 0.1) is 5.92 Å². The molecule has 152 valence electrons. The van der Waals surface area contributed by atoms with Crippen molar-refractivity contribution in [3.63, 3.8) is 0 Å². The van der Waals surface area contributed by atoms with E-state index < -0.39 is 0 Å². The first-order valence-electron chi connectivity index (χ1n) is 10.8. The number of likely N-dealkylation sites (tertiary alicyclic amines) is 1. The molecule has 1 saturated heterocycles. The number of carbonyl (C=O) groups is 1. The maximum Gasteiger partial charge on any atom is 0.220 e. The van der Waals surface area contributed by atoms with Crippen molar-refractivity contribution in [1.29, 1.82) is 0 Å². The summed E-state index contributed by atoms with van der Waals surface area (Å²) < 4.78 is 7.75. The molecule has 0 bridgehead atoms. The van der Waals surface area contributed by atoms with Gasteiger partial charge in [0.05, 0.1) is 18.9 Å². The molecule has 0 aromatic carbocycles. The number of aryl methyl sites for hydroxylation is 2. The van der Waals surface area contributed by atoms with Gasteiger partial charge in [-0.3, -0.25) is 9.48 Å². The van der Waals surface area contributed by atoms with Gasteiger partial charge in [-0.15, -0.1) is 0 Å². The molecule has 0 saturated carbocycles. The first kappa shape index (κ1) is 20.3. The first-order valence-corrected chi connectivity index (χ1v) is 10.8. The summed E-state index contributed by atoms with van der Waals surface area (Å²) in [4.78, 5) is 14.7. The minimum atomic E-state index is 0.137. The largest absolute Gasteiger partial charge is 0.376 e. The lowest BCUT2D eigenvalue weighted by atomic mass is 9.99. The third-order valence-corrected chi connectivity index (χ3v) is 5.85. The summed E-state index contributed by atoms with van der Waals surface area (Å²) in [6.07, 6.45) is 6.88. The fourth-order valence-electron chi connectivity index (χ4n) is 4.11. The first-order chi connectivity index (χ1) is 13.2. The highest BCUT2D eigenvalue weighted by molar-refractivity contribution is 5.76. The van der Waals surface area contributed by atoms with E-state index in [2.05, 4.69) is 28.7 Å². The lowest BCUT2D eigenvalue weighted by Gasteiger charge is -2.30. The molecule has 27 heavy (non-hydrogen) atoms. The van der Waals surface area contributed by atoms with Crippen LogP contribution in [0.4, 0.5) is 0 Å². The average Bonchev–Trinajstić information content (AvgIpc) is 3.03. The minimum absolute atomic E-state index is 0.137. The normalized spacial score (nSPS) is 18.4. The Morgan fingerprint density at radius 3 is 2.89 bits per heavy atom. The molecule has 2 aliphatic rings. The summed E-state index contributed by atoms with van der Waals surface area (Å²) >= 11 is 0. The van der Waals surface area contributed by atoms with E-state index >= 15 is 0 Å². The number of hydrogen-bond acceptors (Lipinski definition) is 4. The molecule has 1 N–H and O–H groups in total. The summed E-state index contributed by atoms with van der Waals surface area (Å²) in [5.74, 6) is 1.01. The van der Waals surface area contributed by atoms with Gasteiger partial charge < -0.3 is 15.0 Å². The van der Waals surface area contributed by atoms with Gasteiger partial charge in [0.25, 0.3) is 0 Å². The van der Waals surface area contributed by atoms with Crippen LogP contribution in [0.1, 0.15) is 62.9 Å². The Morgan fingerprint density at radius 1 is 1.30 bits per heavy atom. The molecule has 1 fully saturated rings. The molecule has 1 aromatic rings. The van der Waals surface area contributed by atoms with Crippen LogP contribution < -0.4 is 5.32 Å². The molecule has 3 heterocycles. The van der Waals surface area contributed by atoms with Crippen molar-refractivity contribution in [2.45, 2.75) is 71.9 Å². The lowest BCUT2D eigenvalue weighted by molar-refractivity contribution is -0.121. The number of rotatable bonds is 9. The summed E-state index contributed by atoms with van der Waals surface area (Å²) in [5.41, 5.74) is 3.59. The van der Waals surface area contributed by atoms with Gasteiger partial charge in [-0.25, -0.2) is 0 Å². The monoisotopic (exact) mass is 376 g/mol. The van der Waals surface area contributed by atoms with E-state index in [-0.39, 0.29) is 5.91 Å². The van der Waals surface area contributed by atoms with Crippen molar-refractivity contribution >= 4 is 5.91 Å². The third kappa shape index (κ3) is 5.79. The van der Waals surface area contributed by atoms with Crippen molar-refractivity contribution in [1.82, 2.24) is 20.0 Å². The SMILES string of the molecule is CCCn1nc(CCC(=O)NCCCN2CCC(C)CC2)c2c1CCOC2. The molecule has 0 atom stereocenters. The third-order valence-electron chi connectivity index (χ3n) is 5.85. The average molecular weight is 377 g/mol. The molecule has 0 spiro atoms. The van der Waals surface area contributed by atoms with Gasteiger partial charge >= 0.3 is 0 Å². The highest BCUT2D eigenvalue weighted by atomic mass is 16.5. The molecule has 0 unspecified atom stereocenters. The Bertz CT molecular complexity index is 606. The molecule has 2 aliphatic heterocycles. The number of nitrogens with one attached hydrogen (secondary N) is 1. The number of amides is 1. The van der Waals surface area contributed by atoms with Crippen molar-refractivity contribution in [3.05, 3.63) is 17.0 Å². The number of carbonyl (C=O) groups excluding carboxylic acids is 1. The minimum Gasteiger partial charge on any atom is -0.376 e. The molecule has 6 nitrogen and oxygen atoms in total. The molecule has 1 aromatic heterocycles. The van der Waals surface area contributed by atoms with Gasteiger partial charge in [0.1, 0.15) is 0 Å². The van der Waals surface area contributed by atoms with Crippen LogP contribution in [0.3, 0.4) is 0 Å². The Kier molecular flexibility index (Phi) is 7.70. The molecular weight excluding hydrogens is 340 g/mol. The van der Waals surface area contributed by atoms with E-state index in [9.17, 15) is 4.79 Å². The molecule has 0 radical (unpaired) electrons. The zero-order chi connectivity index (χ0) is 19.1. The van der Waals surface area contributed by atoms with Gasteiger partial charge in [0.2, 0.25) is 5.91 Å². The van der Waals surface area contributed by atoms with E-state index in [1.807, 2.05) is 0 Å². The van der Waals surface area contributed by atoms with Gasteiger partial charge in [-0.2, -0.15) is 5.10 Å². The summed E-state index contributed by atoms with van der Waals surface area (Å²) in [6.45, 7) is 11.2. The standard InChI is InChI=1S/C21H36N4O2/c1-3-11-25-20-9-15-27-16-18(20)19(23-25)5-6-21(26)22-10-4-12-24-13-7-17(2)8-14-24/h17H,3-16H2,1-2H3,(H,22,26). The number of hydrogen-bond donors (Lipinski definition) is 1. The highest BCUT2D eigenvalue weighted by Crippen LogP contribution is 2.22. The second-order valence-corrected chi connectivity index (χ2v) is 8.13. The number of aromatic nitrogens is 2. The second kappa shape index (κ2) is 10.2. The zero-order valence-corrected chi connectivity index (χ0v) is 17.1. The fraction of sp³-hybridized carbons (Fsp3) is 0.810. The van der Waals surface area contributed by atoms with Crippen molar-refractivity contribution < 1.29 is 9.53 Å². The lowest BCUT2D eigenvalue weighted by Crippen LogP contribution is -2.35. The number of piperidine rings is 1. The predicted octanol–water partition coefficient (Wildman–Crippen LogP) is 2.54. The van der Waals surface area contributed by atoms with E-state index in [1.165, 1.54) is 37.2 Å². The fourth-order valence-corrected chi connectivity index (χ4v) is 4.11. The molecular formula is C21H36N4O2. The van der Waals surface area contributed by atoms with Crippen molar-refractivity contribution in [2.75, 3.05) is 32.8 Å². The van der Waals surface area contributed by atoms with Crippen molar-refractivity contribution in [3.8, 4) is 0 Å². The van der Waals surface area contributed by atoms with Crippen LogP contribution in [0.15, 0.2) is 0 Å². The Balaban J connectivity index is 1.38. The molecule has 1 amide bonds. The van der Waals surface area contributed by atoms with Crippen LogP contribution in [-0.2, 0) is 35.5 Å². The van der Waals surface area contributed by atoms with E-state index in [1.54, 1.807) is 0 Å². The van der Waals surface area contributed by atoms with Gasteiger partial charge in [-0.1, -0.05) is 13.8 Å². The number of ether oxygens (including phenoxy) is 1. The number of fused-ring (bicyclic) bond motifs is 1. The van der Waals surface area contributed by atoms with E-state index in [0.29, 0.717) is 19.4 Å². The van der Waals surface area contributed by atoms with Crippen LogP contribution in [0.5, 0.6) is 0 Å². The summed E-state index contributed by atoms with van der Waals surface area (Å²) in [6, 6.07) is 0. The Morgan fingerprint density at radius 2 is 2.11 bits per heavy atom. The highest BCUT2D eigenvalue weighted by Gasteiger charge is 2.21. The predicted molar refractivity (Wildman–Crippen MR) is 107 cm³/mol. The van der Waals surface area contributed by atoms with Crippen LogP contribution in [-0.4, -0.2) is 53.4 Å². The summed E-state index contributed by atoms with van der Waals surface area (Å²) in [5, 5.41) is 7.85. The summed E-state index contributed by atoms with van der Waals surface area (Å²) in [7, 11) is 0. The smallest absolute Gasteiger partial charge is 0.220 e.